The van der Waals surface area contributed by atoms with Crippen LogP contribution in [0.25, 0.3) is 0 Å². The van der Waals surface area contributed by atoms with Crippen LogP contribution in [0, 0.1) is 0 Å². The van der Waals surface area contributed by atoms with Crippen molar-refractivity contribution in [1.82, 2.24) is 4.90 Å². The number of nitrogens with zero attached hydrogens (tertiary/aromatic N) is 1. The lowest BCUT2D eigenvalue weighted by molar-refractivity contribution is 0.0760. The number of halogens is 1. The van der Waals surface area contributed by atoms with Crippen LogP contribution in [0.1, 0.15) is 26.9 Å². The largest absolute Gasteiger partial charge is 0.493 e. The third-order valence-corrected chi connectivity index (χ3v) is 6.74. The molecule has 1 saturated heterocycles. The highest BCUT2D eigenvalue weighted by atomic mass is 79.9. The number of carbonyl (C=O) groups excluding carboxylic acids is 1. The van der Waals surface area contributed by atoms with Crippen LogP contribution >= 0.6 is 27.7 Å². The maximum Gasteiger partial charge on any atom is 0.255 e. The van der Waals surface area contributed by atoms with Gasteiger partial charge < -0.3 is 14.4 Å². The quantitative estimate of drug-likeness (QED) is 0.435. The van der Waals surface area contributed by atoms with E-state index in [0.29, 0.717) is 23.7 Å². The number of methoxy groups -OCH3 is 1. The van der Waals surface area contributed by atoms with Gasteiger partial charge in [0.15, 0.2) is 11.5 Å². The van der Waals surface area contributed by atoms with Crippen molar-refractivity contribution in [2.24, 2.45) is 0 Å². The van der Waals surface area contributed by atoms with Gasteiger partial charge in [-0.2, -0.15) is 0 Å². The van der Waals surface area contributed by atoms with E-state index in [1.165, 1.54) is 0 Å². The van der Waals surface area contributed by atoms with Gasteiger partial charge in [-0.05, 0) is 47.5 Å². The van der Waals surface area contributed by atoms with Crippen LogP contribution in [0.5, 0.6) is 11.5 Å². The molecule has 1 fully saturated rings. The Bertz CT molecular complexity index is 1010. The zero-order chi connectivity index (χ0) is 20.9. The van der Waals surface area contributed by atoms with Crippen LogP contribution in [0.3, 0.4) is 0 Å². The topological polar surface area (TPSA) is 38.8 Å². The molecule has 0 N–H and O–H groups in total. The van der Waals surface area contributed by atoms with Crippen LogP contribution in [-0.2, 0) is 6.61 Å². The third-order valence-electron chi connectivity index (χ3n) is 4.95. The second kappa shape index (κ2) is 9.58. The first-order chi connectivity index (χ1) is 14.7. The van der Waals surface area contributed by atoms with Gasteiger partial charge >= 0.3 is 0 Å². The Morgan fingerprint density at radius 3 is 2.57 bits per heavy atom. The molecule has 1 aliphatic heterocycles. The van der Waals surface area contributed by atoms with Crippen molar-refractivity contribution >= 4 is 33.6 Å². The van der Waals surface area contributed by atoms with Gasteiger partial charge in [0, 0.05) is 22.3 Å². The SMILES string of the molecule is COc1ccc(C2SCCN2C(=O)c2ccc(Br)cc2)cc1OCc1ccccc1. The molecule has 4 rings (SSSR count). The Hall–Kier alpha value is -2.44. The van der Waals surface area contributed by atoms with E-state index >= 15 is 0 Å². The van der Waals surface area contributed by atoms with E-state index in [9.17, 15) is 4.79 Å². The number of hydrogen-bond donors (Lipinski definition) is 0. The summed E-state index contributed by atoms with van der Waals surface area (Å²) in [6.45, 7) is 1.18. The molecule has 1 atom stereocenters. The summed E-state index contributed by atoms with van der Waals surface area (Å²) in [5.74, 6) is 2.31. The molecule has 0 radical (unpaired) electrons. The molecule has 0 saturated carbocycles. The minimum atomic E-state index is -0.0499. The fourth-order valence-electron chi connectivity index (χ4n) is 3.41. The Morgan fingerprint density at radius 2 is 1.83 bits per heavy atom. The lowest BCUT2D eigenvalue weighted by Crippen LogP contribution is -2.30. The minimum Gasteiger partial charge on any atom is -0.493 e. The van der Waals surface area contributed by atoms with Crippen LogP contribution < -0.4 is 9.47 Å². The molecule has 3 aromatic rings. The van der Waals surface area contributed by atoms with E-state index < -0.39 is 0 Å². The van der Waals surface area contributed by atoms with Crippen molar-refractivity contribution < 1.29 is 14.3 Å². The molecule has 4 nitrogen and oxygen atoms in total. The van der Waals surface area contributed by atoms with Crippen molar-refractivity contribution in [2.75, 3.05) is 19.4 Å². The highest BCUT2D eigenvalue weighted by Gasteiger charge is 2.31. The Balaban J connectivity index is 1.56. The summed E-state index contributed by atoms with van der Waals surface area (Å²) in [6, 6.07) is 23.5. The summed E-state index contributed by atoms with van der Waals surface area (Å²) >= 11 is 5.19. The van der Waals surface area contributed by atoms with Gasteiger partial charge in [0.1, 0.15) is 12.0 Å². The first-order valence-corrected chi connectivity index (χ1v) is 11.5. The lowest BCUT2D eigenvalue weighted by atomic mass is 10.1. The van der Waals surface area contributed by atoms with Gasteiger partial charge in [-0.25, -0.2) is 0 Å². The number of hydrogen-bond acceptors (Lipinski definition) is 4. The minimum absolute atomic E-state index is 0.0417. The molecule has 1 heterocycles. The molecule has 154 valence electrons. The summed E-state index contributed by atoms with van der Waals surface area (Å²) in [4.78, 5) is 15.0. The van der Waals surface area contributed by atoms with Gasteiger partial charge in [-0.3, -0.25) is 4.79 Å². The molecule has 30 heavy (non-hydrogen) atoms. The summed E-state index contributed by atoms with van der Waals surface area (Å²) in [7, 11) is 1.64. The van der Waals surface area contributed by atoms with Gasteiger partial charge in [0.05, 0.1) is 7.11 Å². The lowest BCUT2D eigenvalue weighted by Gasteiger charge is -2.25. The van der Waals surface area contributed by atoms with Gasteiger partial charge in [-0.1, -0.05) is 52.3 Å². The van der Waals surface area contributed by atoms with Gasteiger partial charge in [0.25, 0.3) is 5.91 Å². The smallest absolute Gasteiger partial charge is 0.255 e. The molecule has 6 heteroatoms. The molecule has 1 amide bonds. The fraction of sp³-hybridized carbons (Fsp3) is 0.208. The second-order valence-corrected chi connectivity index (χ2v) is 9.02. The molecule has 0 aromatic heterocycles. The van der Waals surface area contributed by atoms with Gasteiger partial charge in [0.2, 0.25) is 0 Å². The Morgan fingerprint density at radius 1 is 1.07 bits per heavy atom. The average Bonchev–Trinajstić information content (AvgIpc) is 3.28. The standard InChI is InChI=1S/C24H22BrNO3S/c1-28-21-12-9-19(15-22(21)29-16-17-5-3-2-4-6-17)24-26(13-14-30-24)23(27)18-7-10-20(25)11-8-18/h2-12,15,24H,13-14,16H2,1H3. The van der Waals surface area contributed by atoms with Gasteiger partial charge in [-0.15, -0.1) is 11.8 Å². The number of benzene rings is 3. The summed E-state index contributed by atoms with van der Waals surface area (Å²) in [5, 5.41) is -0.0499. The van der Waals surface area contributed by atoms with E-state index in [4.69, 9.17) is 9.47 Å². The number of thioether (sulfide) groups is 1. The first-order valence-electron chi connectivity index (χ1n) is 9.68. The van der Waals surface area contributed by atoms with E-state index in [1.54, 1.807) is 18.9 Å². The molecule has 0 bridgehead atoms. The molecule has 3 aromatic carbocycles. The van der Waals surface area contributed by atoms with Crippen molar-refractivity contribution in [3.05, 3.63) is 94.0 Å². The van der Waals surface area contributed by atoms with Crippen molar-refractivity contribution in [2.45, 2.75) is 12.0 Å². The number of rotatable bonds is 6. The number of carbonyl (C=O) groups is 1. The zero-order valence-electron chi connectivity index (χ0n) is 16.6. The van der Waals surface area contributed by atoms with Crippen LogP contribution in [-0.4, -0.2) is 30.2 Å². The normalized spacial score (nSPS) is 15.8. The second-order valence-electron chi connectivity index (χ2n) is 6.91. The maximum absolute atomic E-state index is 13.1. The van der Waals surface area contributed by atoms with E-state index in [2.05, 4.69) is 15.9 Å². The Labute approximate surface area is 189 Å². The van der Waals surface area contributed by atoms with Crippen LogP contribution in [0.4, 0.5) is 0 Å². The maximum atomic E-state index is 13.1. The van der Waals surface area contributed by atoms with E-state index in [-0.39, 0.29) is 11.3 Å². The summed E-state index contributed by atoms with van der Waals surface area (Å²) in [6.07, 6.45) is 0. The van der Waals surface area contributed by atoms with Crippen molar-refractivity contribution in [1.29, 1.82) is 0 Å². The highest BCUT2D eigenvalue weighted by molar-refractivity contribution is 9.10. The molecule has 1 unspecified atom stereocenters. The van der Waals surface area contributed by atoms with E-state index in [1.807, 2.05) is 77.7 Å². The average molecular weight is 484 g/mol. The number of ether oxygens (including phenoxy) is 2. The van der Waals surface area contributed by atoms with E-state index in [0.717, 1.165) is 27.9 Å². The molecule has 0 spiro atoms. The first kappa shape index (κ1) is 20.8. The molecular weight excluding hydrogens is 462 g/mol. The molecular formula is C24H22BrNO3S. The van der Waals surface area contributed by atoms with Crippen molar-refractivity contribution in [3.63, 3.8) is 0 Å². The molecule has 0 aliphatic carbocycles. The van der Waals surface area contributed by atoms with Crippen LogP contribution in [0.15, 0.2) is 77.3 Å². The molecule has 1 aliphatic rings. The number of amides is 1. The van der Waals surface area contributed by atoms with Crippen molar-refractivity contribution in [3.8, 4) is 11.5 Å². The summed E-state index contributed by atoms with van der Waals surface area (Å²) in [5.41, 5.74) is 2.82. The predicted octanol–water partition coefficient (Wildman–Crippen LogP) is 5.92. The third kappa shape index (κ3) is 4.65. The fourth-order valence-corrected chi connectivity index (χ4v) is 4.92. The summed E-state index contributed by atoms with van der Waals surface area (Å²) < 4.78 is 12.5. The monoisotopic (exact) mass is 483 g/mol. The Kier molecular flexibility index (Phi) is 6.65. The van der Waals surface area contributed by atoms with Crippen LogP contribution in [0.2, 0.25) is 0 Å². The highest BCUT2D eigenvalue weighted by Crippen LogP contribution is 2.42. The predicted molar refractivity (Wildman–Crippen MR) is 124 cm³/mol. The zero-order valence-corrected chi connectivity index (χ0v) is 19.0.